The van der Waals surface area contributed by atoms with Gasteiger partial charge < -0.3 is 4.74 Å². The molecule has 2 aromatic carbocycles. The highest BCUT2D eigenvalue weighted by atomic mass is 79.9. The number of halogens is 2. The monoisotopic (exact) mass is 322 g/mol. The van der Waals surface area contributed by atoms with Crippen molar-refractivity contribution in [3.63, 3.8) is 0 Å². The van der Waals surface area contributed by atoms with Crippen molar-refractivity contribution in [3.05, 3.63) is 64.4 Å². The second-order valence-electron chi connectivity index (χ2n) is 4.05. The minimum absolute atomic E-state index is 0.0259. The van der Waals surface area contributed by atoms with Gasteiger partial charge in [0.05, 0.1) is 0 Å². The number of hydrogen-bond donors (Lipinski definition) is 0. The van der Waals surface area contributed by atoms with Crippen molar-refractivity contribution < 1.29 is 13.9 Å². The third-order valence-electron chi connectivity index (χ3n) is 2.54. The zero-order chi connectivity index (χ0) is 13.7. The molecule has 0 aliphatic heterocycles. The Morgan fingerprint density at radius 3 is 2.63 bits per heavy atom. The lowest BCUT2D eigenvalue weighted by Gasteiger charge is -2.06. The van der Waals surface area contributed by atoms with Crippen LogP contribution in [0.5, 0.6) is 5.75 Å². The normalized spacial score (nSPS) is 10.2. The average molecular weight is 323 g/mol. The average Bonchev–Trinajstić information content (AvgIpc) is 2.42. The maximum Gasteiger partial charge on any atom is 0.174 e. The fourth-order valence-corrected chi connectivity index (χ4v) is 2.03. The number of ketones is 1. The molecule has 98 valence electrons. The van der Waals surface area contributed by atoms with E-state index >= 15 is 0 Å². The maximum atomic E-state index is 13.5. The Kier molecular flexibility index (Phi) is 4.68. The summed E-state index contributed by atoms with van der Waals surface area (Å²) in [6, 6.07) is 13.6. The molecule has 0 saturated carbocycles. The van der Waals surface area contributed by atoms with Crippen molar-refractivity contribution in [1.82, 2.24) is 0 Å². The summed E-state index contributed by atoms with van der Waals surface area (Å²) in [5, 5.41) is 0. The van der Waals surface area contributed by atoms with E-state index in [0.29, 0.717) is 11.3 Å². The van der Waals surface area contributed by atoms with E-state index in [0.717, 1.165) is 4.47 Å². The van der Waals surface area contributed by atoms with E-state index in [1.807, 2.05) is 18.2 Å². The Balaban J connectivity index is 1.93. The molecule has 2 rings (SSSR count). The fourth-order valence-electron chi connectivity index (χ4n) is 1.62. The van der Waals surface area contributed by atoms with Crippen LogP contribution in [0.25, 0.3) is 0 Å². The summed E-state index contributed by atoms with van der Waals surface area (Å²) in [4.78, 5) is 11.7. The van der Waals surface area contributed by atoms with E-state index in [-0.39, 0.29) is 24.6 Å². The molecule has 0 unspecified atom stereocenters. The van der Waals surface area contributed by atoms with E-state index in [1.54, 1.807) is 24.3 Å². The second-order valence-corrected chi connectivity index (χ2v) is 4.97. The van der Waals surface area contributed by atoms with Gasteiger partial charge in [-0.1, -0.05) is 34.1 Å². The van der Waals surface area contributed by atoms with Crippen molar-refractivity contribution >= 4 is 21.7 Å². The number of hydrogen-bond acceptors (Lipinski definition) is 2. The number of carbonyl (C=O) groups is 1. The topological polar surface area (TPSA) is 26.3 Å². The summed E-state index contributed by atoms with van der Waals surface area (Å²) in [6.07, 6.45) is 0.0259. The summed E-state index contributed by atoms with van der Waals surface area (Å²) >= 11 is 3.25. The van der Waals surface area contributed by atoms with Gasteiger partial charge in [-0.15, -0.1) is 0 Å². The molecular weight excluding hydrogens is 311 g/mol. The van der Waals surface area contributed by atoms with E-state index < -0.39 is 0 Å². The predicted octanol–water partition coefficient (Wildman–Crippen LogP) is 3.78. The van der Waals surface area contributed by atoms with Crippen LogP contribution in [0.1, 0.15) is 5.56 Å². The molecule has 0 aliphatic carbocycles. The molecule has 0 radical (unpaired) electrons. The molecule has 0 amide bonds. The van der Waals surface area contributed by atoms with E-state index in [1.165, 1.54) is 6.07 Å². The SMILES string of the molecule is O=C(COc1ccccc1)Cc1cc(Br)ccc1F. The highest BCUT2D eigenvalue weighted by molar-refractivity contribution is 9.10. The van der Waals surface area contributed by atoms with Gasteiger partial charge in [0.2, 0.25) is 0 Å². The van der Waals surface area contributed by atoms with Crippen molar-refractivity contribution in [3.8, 4) is 5.75 Å². The van der Waals surface area contributed by atoms with Gasteiger partial charge in [0, 0.05) is 10.9 Å². The number of ether oxygens (including phenoxy) is 1. The van der Waals surface area contributed by atoms with Crippen molar-refractivity contribution in [1.29, 1.82) is 0 Å². The predicted molar refractivity (Wildman–Crippen MR) is 74.7 cm³/mol. The molecule has 2 aromatic rings. The Morgan fingerprint density at radius 1 is 1.16 bits per heavy atom. The minimum Gasteiger partial charge on any atom is -0.486 e. The second kappa shape index (κ2) is 6.48. The van der Waals surface area contributed by atoms with Crippen LogP contribution >= 0.6 is 15.9 Å². The Morgan fingerprint density at radius 2 is 1.89 bits per heavy atom. The van der Waals surface area contributed by atoms with Crippen LogP contribution in [0.3, 0.4) is 0 Å². The molecule has 0 spiro atoms. The summed E-state index contributed by atoms with van der Waals surface area (Å²) in [6.45, 7) is -0.0596. The lowest BCUT2D eigenvalue weighted by atomic mass is 10.1. The van der Waals surface area contributed by atoms with Gasteiger partial charge in [0.1, 0.15) is 18.2 Å². The van der Waals surface area contributed by atoms with Crippen LogP contribution in [-0.2, 0) is 11.2 Å². The number of benzene rings is 2. The Labute approximate surface area is 119 Å². The lowest BCUT2D eigenvalue weighted by Crippen LogP contribution is -2.14. The van der Waals surface area contributed by atoms with E-state index in [4.69, 9.17) is 4.74 Å². The van der Waals surface area contributed by atoms with Gasteiger partial charge in [0.25, 0.3) is 0 Å². The minimum atomic E-state index is -0.378. The molecule has 0 saturated heterocycles. The van der Waals surface area contributed by atoms with Gasteiger partial charge in [-0.2, -0.15) is 0 Å². The highest BCUT2D eigenvalue weighted by Crippen LogP contribution is 2.16. The van der Waals surface area contributed by atoms with Gasteiger partial charge in [0.15, 0.2) is 5.78 Å². The first kappa shape index (κ1) is 13.7. The summed E-state index contributed by atoms with van der Waals surface area (Å²) in [5.74, 6) is 0.0858. The van der Waals surface area contributed by atoms with Crippen LogP contribution in [-0.4, -0.2) is 12.4 Å². The van der Waals surface area contributed by atoms with E-state index in [2.05, 4.69) is 15.9 Å². The smallest absolute Gasteiger partial charge is 0.174 e. The standard InChI is InChI=1S/C15H12BrFO2/c16-12-6-7-15(17)11(8-12)9-13(18)10-19-14-4-2-1-3-5-14/h1-8H,9-10H2. The fraction of sp³-hybridized carbons (Fsp3) is 0.133. The zero-order valence-corrected chi connectivity index (χ0v) is 11.7. The molecule has 0 N–H and O–H groups in total. The summed E-state index contributed by atoms with van der Waals surface area (Å²) in [5.41, 5.74) is 0.371. The first-order valence-corrected chi connectivity index (χ1v) is 6.58. The number of Topliss-reactive ketones (excluding diaryl/α,β-unsaturated/α-hetero) is 1. The lowest BCUT2D eigenvalue weighted by molar-refractivity contribution is -0.120. The van der Waals surface area contributed by atoms with Crippen LogP contribution in [0.2, 0.25) is 0 Å². The van der Waals surface area contributed by atoms with Gasteiger partial charge in [-0.3, -0.25) is 4.79 Å². The van der Waals surface area contributed by atoms with Gasteiger partial charge in [-0.25, -0.2) is 4.39 Å². The van der Waals surface area contributed by atoms with Gasteiger partial charge >= 0.3 is 0 Å². The van der Waals surface area contributed by atoms with Gasteiger partial charge in [-0.05, 0) is 35.9 Å². The molecule has 0 aliphatic rings. The molecule has 0 bridgehead atoms. The quantitative estimate of drug-likeness (QED) is 0.837. The molecule has 0 heterocycles. The van der Waals surface area contributed by atoms with Crippen LogP contribution in [0, 0.1) is 5.82 Å². The van der Waals surface area contributed by atoms with Crippen LogP contribution in [0.4, 0.5) is 4.39 Å². The number of para-hydroxylation sites is 1. The van der Waals surface area contributed by atoms with Crippen molar-refractivity contribution in [2.45, 2.75) is 6.42 Å². The summed E-state index contributed by atoms with van der Waals surface area (Å²) in [7, 11) is 0. The molecule has 4 heteroatoms. The molecule has 0 aromatic heterocycles. The third-order valence-corrected chi connectivity index (χ3v) is 3.03. The van der Waals surface area contributed by atoms with E-state index in [9.17, 15) is 9.18 Å². The van der Waals surface area contributed by atoms with Crippen molar-refractivity contribution in [2.24, 2.45) is 0 Å². The maximum absolute atomic E-state index is 13.5. The Bertz CT molecular complexity index is 570. The molecule has 0 fully saturated rings. The molecular formula is C15H12BrFO2. The molecule has 0 atom stereocenters. The number of rotatable bonds is 5. The largest absolute Gasteiger partial charge is 0.486 e. The first-order chi connectivity index (χ1) is 9.15. The molecule has 19 heavy (non-hydrogen) atoms. The van der Waals surface area contributed by atoms with Crippen molar-refractivity contribution in [2.75, 3.05) is 6.61 Å². The van der Waals surface area contributed by atoms with Crippen LogP contribution in [0.15, 0.2) is 53.0 Å². The Hall–Kier alpha value is -1.68. The van der Waals surface area contributed by atoms with Crippen LogP contribution < -0.4 is 4.74 Å². The first-order valence-electron chi connectivity index (χ1n) is 5.78. The highest BCUT2D eigenvalue weighted by Gasteiger charge is 2.09. The number of carbonyl (C=O) groups excluding carboxylic acids is 1. The zero-order valence-electron chi connectivity index (χ0n) is 10.1. The third kappa shape index (κ3) is 4.17. The molecule has 2 nitrogen and oxygen atoms in total. The summed E-state index contributed by atoms with van der Waals surface area (Å²) < 4.78 is 19.6.